The third kappa shape index (κ3) is 2.20. The van der Waals surface area contributed by atoms with Crippen LogP contribution in [-0.2, 0) is 5.60 Å². The summed E-state index contributed by atoms with van der Waals surface area (Å²) in [5.74, 6) is -0.385. The third-order valence-corrected chi connectivity index (χ3v) is 2.38. The van der Waals surface area contributed by atoms with E-state index in [-0.39, 0.29) is 5.82 Å². The molecular weight excluding hydrogens is 191 g/mol. The van der Waals surface area contributed by atoms with Gasteiger partial charge in [0.1, 0.15) is 5.82 Å². The van der Waals surface area contributed by atoms with Crippen LogP contribution in [0.2, 0.25) is 5.02 Å². The first-order valence-corrected chi connectivity index (χ1v) is 4.38. The van der Waals surface area contributed by atoms with E-state index in [1.54, 1.807) is 26.8 Å². The summed E-state index contributed by atoms with van der Waals surface area (Å²) < 4.78 is 13.2. The number of rotatable bonds is 1. The number of hydrogen-bond acceptors (Lipinski definition) is 1. The molecule has 3 heteroatoms. The Morgan fingerprint density at radius 2 is 1.92 bits per heavy atom. The lowest BCUT2D eigenvalue weighted by Gasteiger charge is -2.18. The minimum Gasteiger partial charge on any atom is -0.386 e. The van der Waals surface area contributed by atoms with Crippen LogP contribution in [0.3, 0.4) is 0 Å². The average Bonchev–Trinajstić information content (AvgIpc) is 1.97. The van der Waals surface area contributed by atoms with E-state index >= 15 is 0 Å². The van der Waals surface area contributed by atoms with Gasteiger partial charge in [0.2, 0.25) is 0 Å². The van der Waals surface area contributed by atoms with Gasteiger partial charge in [0, 0.05) is 10.6 Å². The van der Waals surface area contributed by atoms with Gasteiger partial charge in [-0.1, -0.05) is 11.6 Å². The molecule has 1 nitrogen and oxygen atoms in total. The molecule has 0 saturated carbocycles. The zero-order chi connectivity index (χ0) is 10.2. The quantitative estimate of drug-likeness (QED) is 0.742. The molecule has 0 heterocycles. The Balaban J connectivity index is 3.29. The molecule has 1 rings (SSSR count). The highest BCUT2D eigenvalue weighted by Crippen LogP contribution is 2.27. The summed E-state index contributed by atoms with van der Waals surface area (Å²) in [6.45, 7) is 4.78. The predicted molar refractivity (Wildman–Crippen MR) is 51.4 cm³/mol. The molecule has 1 aromatic rings. The monoisotopic (exact) mass is 202 g/mol. The standard InChI is InChI=1S/C10H12ClFO/c1-6-8(11)4-7(5-9(6)12)10(2,3)13/h4-5,13H,1-3H3. The van der Waals surface area contributed by atoms with Crippen LogP contribution in [0.4, 0.5) is 4.39 Å². The van der Waals surface area contributed by atoms with E-state index < -0.39 is 5.60 Å². The Hall–Kier alpha value is -0.600. The highest BCUT2D eigenvalue weighted by molar-refractivity contribution is 6.31. The molecule has 1 aromatic carbocycles. The lowest BCUT2D eigenvalue weighted by atomic mass is 9.97. The SMILES string of the molecule is Cc1c(F)cc(C(C)(C)O)cc1Cl. The van der Waals surface area contributed by atoms with E-state index in [1.807, 2.05) is 0 Å². The number of hydrogen-bond donors (Lipinski definition) is 1. The first-order valence-electron chi connectivity index (χ1n) is 4.01. The minimum atomic E-state index is -1.06. The van der Waals surface area contributed by atoms with Gasteiger partial charge in [-0.05, 0) is 38.5 Å². The maximum Gasteiger partial charge on any atom is 0.127 e. The van der Waals surface area contributed by atoms with E-state index in [2.05, 4.69) is 0 Å². The lowest BCUT2D eigenvalue weighted by Crippen LogP contribution is -2.15. The molecule has 0 unspecified atom stereocenters. The van der Waals surface area contributed by atoms with Gasteiger partial charge < -0.3 is 5.11 Å². The highest BCUT2D eigenvalue weighted by Gasteiger charge is 2.18. The molecule has 0 aliphatic carbocycles. The van der Waals surface area contributed by atoms with Gasteiger partial charge in [-0.3, -0.25) is 0 Å². The van der Waals surface area contributed by atoms with Gasteiger partial charge in [0.15, 0.2) is 0 Å². The maximum absolute atomic E-state index is 13.2. The van der Waals surface area contributed by atoms with Crippen molar-refractivity contribution in [3.05, 3.63) is 34.1 Å². The van der Waals surface area contributed by atoms with Gasteiger partial charge in [-0.2, -0.15) is 0 Å². The zero-order valence-electron chi connectivity index (χ0n) is 7.86. The second kappa shape index (κ2) is 3.28. The largest absolute Gasteiger partial charge is 0.386 e. The van der Waals surface area contributed by atoms with Crippen LogP contribution in [-0.4, -0.2) is 5.11 Å². The average molecular weight is 203 g/mol. The fraction of sp³-hybridized carbons (Fsp3) is 0.400. The van der Waals surface area contributed by atoms with Crippen LogP contribution < -0.4 is 0 Å². The fourth-order valence-electron chi connectivity index (χ4n) is 0.999. The molecule has 0 aliphatic rings. The highest BCUT2D eigenvalue weighted by atomic mass is 35.5. The Morgan fingerprint density at radius 1 is 1.38 bits per heavy atom. The summed E-state index contributed by atoms with van der Waals surface area (Å²) in [5.41, 5.74) is -0.159. The van der Waals surface area contributed by atoms with Crippen LogP contribution in [0.5, 0.6) is 0 Å². The van der Waals surface area contributed by atoms with E-state index in [9.17, 15) is 9.50 Å². The number of halogens is 2. The van der Waals surface area contributed by atoms with Crippen molar-refractivity contribution in [2.75, 3.05) is 0 Å². The summed E-state index contributed by atoms with van der Waals surface area (Å²) >= 11 is 5.77. The lowest BCUT2D eigenvalue weighted by molar-refractivity contribution is 0.0782. The molecule has 72 valence electrons. The third-order valence-electron chi connectivity index (χ3n) is 1.99. The van der Waals surface area contributed by atoms with Crippen molar-refractivity contribution in [2.45, 2.75) is 26.4 Å². The normalized spacial score (nSPS) is 11.8. The fourth-order valence-corrected chi connectivity index (χ4v) is 1.21. The van der Waals surface area contributed by atoms with Crippen LogP contribution >= 0.6 is 11.6 Å². The van der Waals surface area contributed by atoms with Crippen LogP contribution in [0.25, 0.3) is 0 Å². The Morgan fingerprint density at radius 3 is 2.31 bits per heavy atom. The van der Waals surface area contributed by atoms with Crippen LogP contribution in [0.1, 0.15) is 25.0 Å². The van der Waals surface area contributed by atoms with Crippen molar-refractivity contribution in [1.29, 1.82) is 0 Å². The van der Waals surface area contributed by atoms with Gasteiger partial charge in [-0.15, -0.1) is 0 Å². The zero-order valence-corrected chi connectivity index (χ0v) is 8.61. The van der Waals surface area contributed by atoms with Gasteiger partial charge in [-0.25, -0.2) is 4.39 Å². The first kappa shape index (κ1) is 10.5. The minimum absolute atomic E-state index is 0.345. The van der Waals surface area contributed by atoms with Crippen molar-refractivity contribution in [3.8, 4) is 0 Å². The Labute approximate surface area is 82.2 Å². The molecule has 13 heavy (non-hydrogen) atoms. The molecule has 0 radical (unpaired) electrons. The Kier molecular flexibility index (Phi) is 2.64. The summed E-state index contributed by atoms with van der Waals surface area (Å²) in [5, 5.41) is 9.95. The summed E-state index contributed by atoms with van der Waals surface area (Å²) in [6.07, 6.45) is 0. The summed E-state index contributed by atoms with van der Waals surface area (Å²) in [7, 11) is 0. The van der Waals surface area contributed by atoms with Crippen molar-refractivity contribution >= 4 is 11.6 Å². The molecule has 0 saturated heterocycles. The summed E-state index contributed by atoms with van der Waals surface area (Å²) in [4.78, 5) is 0. The molecule has 0 spiro atoms. The van der Waals surface area contributed by atoms with Crippen molar-refractivity contribution in [3.63, 3.8) is 0 Å². The van der Waals surface area contributed by atoms with Gasteiger partial charge >= 0.3 is 0 Å². The van der Waals surface area contributed by atoms with Crippen molar-refractivity contribution in [2.24, 2.45) is 0 Å². The number of aliphatic hydroxyl groups is 1. The molecule has 0 aromatic heterocycles. The van der Waals surface area contributed by atoms with E-state index in [4.69, 9.17) is 11.6 Å². The summed E-state index contributed by atoms with van der Waals surface area (Å²) in [6, 6.07) is 2.89. The molecule has 1 N–H and O–H groups in total. The maximum atomic E-state index is 13.2. The second-order valence-corrected chi connectivity index (χ2v) is 4.03. The van der Waals surface area contributed by atoms with Crippen LogP contribution in [0.15, 0.2) is 12.1 Å². The Bertz CT molecular complexity index is 305. The van der Waals surface area contributed by atoms with Gasteiger partial charge in [0.05, 0.1) is 5.60 Å². The van der Waals surface area contributed by atoms with Crippen molar-refractivity contribution in [1.82, 2.24) is 0 Å². The van der Waals surface area contributed by atoms with E-state index in [0.29, 0.717) is 16.1 Å². The smallest absolute Gasteiger partial charge is 0.127 e. The second-order valence-electron chi connectivity index (χ2n) is 3.62. The molecule has 0 aliphatic heterocycles. The molecule has 0 fully saturated rings. The van der Waals surface area contributed by atoms with Crippen molar-refractivity contribution < 1.29 is 9.50 Å². The van der Waals surface area contributed by atoms with E-state index in [1.165, 1.54) is 6.07 Å². The molecule has 0 atom stereocenters. The van der Waals surface area contributed by atoms with Crippen LogP contribution in [0, 0.1) is 12.7 Å². The van der Waals surface area contributed by atoms with E-state index in [0.717, 1.165) is 0 Å². The number of benzene rings is 1. The van der Waals surface area contributed by atoms with Gasteiger partial charge in [0.25, 0.3) is 0 Å². The molecular formula is C10H12ClFO. The first-order chi connectivity index (χ1) is 5.82. The molecule has 0 bridgehead atoms. The topological polar surface area (TPSA) is 20.2 Å². The predicted octanol–water partition coefficient (Wildman–Crippen LogP) is 3.01. The molecule has 0 amide bonds.